The van der Waals surface area contributed by atoms with Crippen molar-refractivity contribution in [1.29, 1.82) is 0 Å². The van der Waals surface area contributed by atoms with Crippen LogP contribution in [0.25, 0.3) is 0 Å². The van der Waals surface area contributed by atoms with Crippen LogP contribution in [-0.2, 0) is 4.74 Å². The molecule has 1 saturated heterocycles. The normalized spacial score (nSPS) is 23.4. The molecule has 0 aromatic heterocycles. The molecule has 0 saturated carbocycles. The van der Waals surface area contributed by atoms with E-state index in [-0.39, 0.29) is 0 Å². The average molecular weight is 297 g/mol. The van der Waals surface area contributed by atoms with E-state index >= 15 is 0 Å². The van der Waals surface area contributed by atoms with Gasteiger partial charge in [-0.2, -0.15) is 11.8 Å². The number of rotatable bonds is 3. The molecule has 0 radical (unpaired) electrons. The highest BCUT2D eigenvalue weighted by molar-refractivity contribution is 8.00. The van der Waals surface area contributed by atoms with Crippen LogP contribution in [0.5, 0.6) is 0 Å². The van der Waals surface area contributed by atoms with E-state index < -0.39 is 0 Å². The minimum absolute atomic E-state index is 0.319. The third-order valence-corrected chi connectivity index (χ3v) is 5.02. The fourth-order valence-electron chi connectivity index (χ4n) is 2.66. The maximum absolute atomic E-state index is 5.34. The Morgan fingerprint density at radius 3 is 3.05 bits per heavy atom. The van der Waals surface area contributed by atoms with Crippen LogP contribution in [0.3, 0.4) is 0 Å². The summed E-state index contributed by atoms with van der Waals surface area (Å²) >= 11 is 2.05. The van der Waals surface area contributed by atoms with E-state index in [9.17, 15) is 0 Å². The molecule has 2 heterocycles. The molecular weight excluding hydrogens is 270 g/mol. The van der Waals surface area contributed by atoms with E-state index in [1.54, 1.807) is 0 Å². The van der Waals surface area contributed by atoms with Gasteiger partial charge in [-0.25, -0.2) is 0 Å². The summed E-state index contributed by atoms with van der Waals surface area (Å²) in [7, 11) is 1.88. The Hall–Kier alpha value is -0.680. The Labute approximate surface area is 127 Å². The number of thioether (sulfide) groups is 1. The molecule has 0 aromatic rings. The lowest BCUT2D eigenvalue weighted by Crippen LogP contribution is -2.51. The SMILES string of the molecule is CN=C(NCCC1=CCOCC1)N1CCSC(C)(C)C1. The number of guanidine groups is 1. The summed E-state index contributed by atoms with van der Waals surface area (Å²) in [5.74, 6) is 2.22. The van der Waals surface area contributed by atoms with Gasteiger partial charge in [-0.3, -0.25) is 4.99 Å². The zero-order valence-corrected chi connectivity index (χ0v) is 13.8. The third kappa shape index (κ3) is 4.70. The summed E-state index contributed by atoms with van der Waals surface area (Å²) < 4.78 is 5.65. The third-order valence-electron chi connectivity index (χ3n) is 3.72. The van der Waals surface area contributed by atoms with Crippen LogP contribution in [0.4, 0.5) is 0 Å². The molecule has 1 N–H and O–H groups in total. The fourth-order valence-corrected chi connectivity index (χ4v) is 3.77. The highest BCUT2D eigenvalue weighted by Crippen LogP contribution is 2.29. The van der Waals surface area contributed by atoms with E-state index in [0.29, 0.717) is 4.75 Å². The largest absolute Gasteiger partial charge is 0.377 e. The topological polar surface area (TPSA) is 36.9 Å². The first-order valence-electron chi connectivity index (χ1n) is 7.46. The van der Waals surface area contributed by atoms with E-state index in [2.05, 4.69) is 46.9 Å². The van der Waals surface area contributed by atoms with Gasteiger partial charge in [-0.1, -0.05) is 11.6 Å². The molecule has 2 aliphatic heterocycles. The van der Waals surface area contributed by atoms with Crippen molar-refractivity contribution in [3.05, 3.63) is 11.6 Å². The zero-order chi connectivity index (χ0) is 14.4. The average Bonchev–Trinajstić information content (AvgIpc) is 2.43. The molecule has 0 atom stereocenters. The van der Waals surface area contributed by atoms with Crippen molar-refractivity contribution in [2.45, 2.75) is 31.4 Å². The minimum atomic E-state index is 0.319. The van der Waals surface area contributed by atoms with Gasteiger partial charge < -0.3 is 15.0 Å². The Balaban J connectivity index is 1.79. The van der Waals surface area contributed by atoms with Crippen molar-refractivity contribution >= 4 is 17.7 Å². The van der Waals surface area contributed by atoms with Crippen molar-refractivity contribution in [1.82, 2.24) is 10.2 Å². The number of nitrogens with zero attached hydrogens (tertiary/aromatic N) is 2. The maximum atomic E-state index is 5.34. The Morgan fingerprint density at radius 1 is 1.55 bits per heavy atom. The van der Waals surface area contributed by atoms with Crippen LogP contribution >= 0.6 is 11.8 Å². The molecule has 0 unspecified atom stereocenters. The molecule has 4 nitrogen and oxygen atoms in total. The van der Waals surface area contributed by atoms with Crippen molar-refractivity contribution in [3.63, 3.8) is 0 Å². The lowest BCUT2D eigenvalue weighted by Gasteiger charge is -2.39. The van der Waals surface area contributed by atoms with Crippen LogP contribution in [0, 0.1) is 0 Å². The fraction of sp³-hybridized carbons (Fsp3) is 0.800. The van der Waals surface area contributed by atoms with Crippen LogP contribution in [0.15, 0.2) is 16.6 Å². The van der Waals surface area contributed by atoms with Gasteiger partial charge in [0.05, 0.1) is 13.2 Å². The second kappa shape index (κ2) is 7.36. The molecule has 0 bridgehead atoms. The Morgan fingerprint density at radius 2 is 2.40 bits per heavy atom. The van der Waals surface area contributed by atoms with Gasteiger partial charge in [0.2, 0.25) is 0 Å². The van der Waals surface area contributed by atoms with Crippen LogP contribution < -0.4 is 5.32 Å². The Kier molecular flexibility index (Phi) is 5.78. The lowest BCUT2D eigenvalue weighted by atomic mass is 10.1. The first-order valence-corrected chi connectivity index (χ1v) is 8.44. The summed E-state index contributed by atoms with van der Waals surface area (Å²) in [6, 6.07) is 0. The number of aliphatic imine (C=N–C) groups is 1. The standard InChI is InChI=1S/C15H27N3OS/c1-15(2)12-18(8-11-20-15)14(16-3)17-7-4-13-5-9-19-10-6-13/h5H,4,6-12H2,1-3H3,(H,16,17). The highest BCUT2D eigenvalue weighted by atomic mass is 32.2. The monoisotopic (exact) mass is 297 g/mol. The first kappa shape index (κ1) is 15.7. The minimum Gasteiger partial charge on any atom is -0.377 e. The zero-order valence-electron chi connectivity index (χ0n) is 12.9. The second-order valence-corrected chi connectivity index (χ2v) is 7.74. The van der Waals surface area contributed by atoms with Gasteiger partial charge in [0.25, 0.3) is 0 Å². The van der Waals surface area contributed by atoms with Gasteiger partial charge in [0, 0.05) is 37.2 Å². The second-order valence-electron chi connectivity index (χ2n) is 5.94. The number of hydrogen-bond donors (Lipinski definition) is 1. The molecule has 1 fully saturated rings. The highest BCUT2D eigenvalue weighted by Gasteiger charge is 2.28. The predicted molar refractivity (Wildman–Crippen MR) is 87.6 cm³/mol. The molecule has 0 aliphatic carbocycles. The molecular formula is C15H27N3OS. The lowest BCUT2D eigenvalue weighted by molar-refractivity contribution is 0.153. The van der Waals surface area contributed by atoms with Crippen molar-refractivity contribution in [2.75, 3.05) is 45.6 Å². The van der Waals surface area contributed by atoms with E-state index in [1.807, 2.05) is 7.05 Å². The van der Waals surface area contributed by atoms with Crippen molar-refractivity contribution in [2.24, 2.45) is 4.99 Å². The molecule has 20 heavy (non-hydrogen) atoms. The molecule has 0 spiro atoms. The summed E-state index contributed by atoms with van der Waals surface area (Å²) in [6.07, 6.45) is 4.39. The van der Waals surface area contributed by atoms with Gasteiger partial charge in [-0.15, -0.1) is 0 Å². The summed E-state index contributed by atoms with van der Waals surface area (Å²) in [4.78, 5) is 6.82. The van der Waals surface area contributed by atoms with Crippen LogP contribution in [0.2, 0.25) is 0 Å². The van der Waals surface area contributed by atoms with E-state index in [1.165, 1.54) is 11.3 Å². The molecule has 114 valence electrons. The Bertz CT molecular complexity index is 379. The molecule has 2 aliphatic rings. The van der Waals surface area contributed by atoms with Crippen molar-refractivity contribution < 1.29 is 4.74 Å². The van der Waals surface area contributed by atoms with Gasteiger partial charge >= 0.3 is 0 Å². The van der Waals surface area contributed by atoms with Crippen LogP contribution in [-0.4, -0.2) is 61.3 Å². The van der Waals surface area contributed by atoms with E-state index in [4.69, 9.17) is 4.74 Å². The van der Waals surface area contributed by atoms with Gasteiger partial charge in [0.15, 0.2) is 5.96 Å². The molecule has 5 heteroatoms. The predicted octanol–water partition coefficient (Wildman–Crippen LogP) is 2.13. The summed E-state index contributed by atoms with van der Waals surface area (Å²) in [6.45, 7) is 9.38. The molecule has 0 amide bonds. The van der Waals surface area contributed by atoms with Gasteiger partial charge in [0.1, 0.15) is 0 Å². The number of ether oxygens (including phenoxy) is 1. The summed E-state index contributed by atoms with van der Waals surface area (Å²) in [5.41, 5.74) is 1.51. The van der Waals surface area contributed by atoms with E-state index in [0.717, 1.165) is 51.6 Å². The first-order chi connectivity index (χ1) is 9.61. The smallest absolute Gasteiger partial charge is 0.193 e. The van der Waals surface area contributed by atoms with Crippen LogP contribution in [0.1, 0.15) is 26.7 Å². The summed E-state index contributed by atoms with van der Waals surface area (Å²) in [5, 5.41) is 3.51. The maximum Gasteiger partial charge on any atom is 0.193 e. The molecule has 0 aromatic carbocycles. The number of hydrogen-bond acceptors (Lipinski definition) is 3. The number of nitrogens with one attached hydrogen (secondary N) is 1. The quantitative estimate of drug-likeness (QED) is 0.492. The molecule has 2 rings (SSSR count). The van der Waals surface area contributed by atoms with Crippen molar-refractivity contribution in [3.8, 4) is 0 Å². The van der Waals surface area contributed by atoms with Gasteiger partial charge in [-0.05, 0) is 26.7 Å².